The first-order chi connectivity index (χ1) is 6.58. The second-order valence-corrected chi connectivity index (χ2v) is 5.40. The molecule has 0 atom stereocenters. The van der Waals surface area contributed by atoms with Crippen molar-refractivity contribution in [3.8, 4) is 0 Å². The Balaban J connectivity index is 0. The molecule has 0 saturated carbocycles. The Bertz CT molecular complexity index is 125. The average molecular weight is 240 g/mol. The highest BCUT2D eigenvalue weighted by molar-refractivity contribution is 7.98. The van der Waals surface area contributed by atoms with Gasteiger partial charge in [-0.3, -0.25) is 0 Å². The number of rotatable bonds is 5. The van der Waals surface area contributed by atoms with E-state index >= 15 is 0 Å². The van der Waals surface area contributed by atoms with Crippen LogP contribution in [-0.4, -0.2) is 25.7 Å². The molecule has 5 heteroatoms. The van der Waals surface area contributed by atoms with Crippen molar-refractivity contribution in [2.75, 3.05) is 25.7 Å². The summed E-state index contributed by atoms with van der Waals surface area (Å²) in [5.41, 5.74) is 0. The molecule has 0 heterocycles. The molecule has 0 spiro atoms. The van der Waals surface area contributed by atoms with Crippen LogP contribution in [0, 0.1) is 0 Å². The molecule has 0 unspecified atom stereocenters. The molecule has 0 fully saturated rings. The Kier molecular flexibility index (Phi) is 16.1. The third-order valence-corrected chi connectivity index (χ3v) is 2.63. The summed E-state index contributed by atoms with van der Waals surface area (Å²) < 4.78 is 9.14. The quantitative estimate of drug-likeness (QED) is 0.545. The van der Waals surface area contributed by atoms with Gasteiger partial charge in [-0.05, 0) is 26.8 Å². The Labute approximate surface area is 91.8 Å². The lowest BCUT2D eigenvalue weighted by atomic mass is 10.8. The van der Waals surface area contributed by atoms with Crippen LogP contribution in [0.5, 0.6) is 0 Å². The molecule has 0 amide bonds. The summed E-state index contributed by atoms with van der Waals surface area (Å²) in [7, 11) is -1.33. The second-order valence-electron chi connectivity index (χ2n) is 2.41. The highest BCUT2D eigenvalue weighted by atomic mass is 32.2. The molecule has 0 rings (SSSR count). The van der Waals surface area contributed by atoms with E-state index in [-0.39, 0.29) is 0 Å². The summed E-state index contributed by atoms with van der Waals surface area (Å²) in [6.45, 7) is 6.47. The average Bonchev–Trinajstić information content (AvgIpc) is 2.05. The van der Waals surface area contributed by atoms with Gasteiger partial charge in [0, 0.05) is 24.1 Å². The van der Waals surface area contributed by atoms with E-state index in [1.807, 2.05) is 6.92 Å². The highest BCUT2D eigenvalue weighted by Gasteiger charge is 1.87. The van der Waals surface area contributed by atoms with E-state index in [9.17, 15) is 4.89 Å². The summed E-state index contributed by atoms with van der Waals surface area (Å²) in [6.07, 6.45) is 6.48. The predicted octanol–water partition coefficient (Wildman–Crippen LogP) is 2.04. The van der Waals surface area contributed by atoms with Crippen LogP contribution in [0.4, 0.5) is 0 Å². The zero-order valence-electron chi connectivity index (χ0n) is 9.65. The predicted molar refractivity (Wildman–Crippen MR) is 64.2 cm³/mol. The molecule has 0 aliphatic rings. The van der Waals surface area contributed by atoms with Crippen molar-refractivity contribution in [1.82, 2.24) is 0 Å². The molecule has 0 aromatic rings. The van der Waals surface area contributed by atoms with E-state index in [1.165, 1.54) is 0 Å². The molecule has 0 aliphatic heterocycles. The van der Waals surface area contributed by atoms with Crippen molar-refractivity contribution in [1.29, 1.82) is 0 Å². The summed E-state index contributed by atoms with van der Waals surface area (Å²) in [5.74, 6) is 0. The molecule has 3 nitrogen and oxygen atoms in total. The maximum absolute atomic E-state index is 10.3. The lowest BCUT2D eigenvalue weighted by molar-refractivity contribution is -0.203. The molecule has 0 bridgehead atoms. The van der Waals surface area contributed by atoms with E-state index in [1.54, 1.807) is 13.8 Å². The van der Waals surface area contributed by atoms with Gasteiger partial charge in [0.15, 0.2) is 0 Å². The summed E-state index contributed by atoms with van der Waals surface area (Å²) in [5, 5.41) is 2.19. The van der Waals surface area contributed by atoms with Gasteiger partial charge in [-0.15, -0.1) is 0 Å². The van der Waals surface area contributed by atoms with Crippen LogP contribution in [0.25, 0.3) is 0 Å². The van der Waals surface area contributed by atoms with E-state index in [2.05, 4.69) is 33.0 Å². The van der Waals surface area contributed by atoms with Gasteiger partial charge in [0.05, 0.1) is 8.60 Å². The van der Waals surface area contributed by atoms with Crippen LogP contribution in [0.15, 0.2) is 11.5 Å². The Morgan fingerprint density at radius 2 is 1.64 bits per heavy atom. The Morgan fingerprint density at radius 1 is 1.21 bits per heavy atom. The molecule has 0 N–H and O–H groups in total. The van der Waals surface area contributed by atoms with Crippen molar-refractivity contribution in [2.24, 2.45) is 0 Å². The van der Waals surface area contributed by atoms with Crippen LogP contribution < -0.4 is 4.89 Å². The van der Waals surface area contributed by atoms with E-state index in [0.717, 1.165) is 0 Å². The first-order valence-corrected chi connectivity index (χ1v) is 7.70. The molecule has 0 saturated heterocycles. The van der Waals surface area contributed by atoms with Crippen molar-refractivity contribution in [3.63, 3.8) is 0 Å². The number of hydrogen-bond donors (Lipinski definition) is 0. The molecule has 86 valence electrons. The van der Waals surface area contributed by atoms with E-state index in [4.69, 9.17) is 0 Å². The highest BCUT2D eigenvalue weighted by Crippen LogP contribution is 2.26. The maximum atomic E-state index is 10.3. The van der Waals surface area contributed by atoms with Crippen LogP contribution >= 0.6 is 8.60 Å². The molecular weight excluding hydrogens is 219 g/mol. The van der Waals surface area contributed by atoms with Crippen molar-refractivity contribution >= 4 is 19.5 Å². The fourth-order valence-corrected chi connectivity index (χ4v) is 1.56. The molecule has 14 heavy (non-hydrogen) atoms. The van der Waals surface area contributed by atoms with Crippen LogP contribution in [0.1, 0.15) is 20.8 Å². The third-order valence-electron chi connectivity index (χ3n) is 0.877. The maximum Gasteiger partial charge on any atom is 0.114 e. The van der Waals surface area contributed by atoms with Crippen molar-refractivity contribution < 1.29 is 13.9 Å². The fourth-order valence-electron chi connectivity index (χ4n) is 0.520. The van der Waals surface area contributed by atoms with Gasteiger partial charge in [0.1, 0.15) is 17.9 Å². The van der Waals surface area contributed by atoms with Gasteiger partial charge < -0.3 is 13.9 Å². The second kappa shape index (κ2) is 13.4. The zero-order valence-corrected chi connectivity index (χ0v) is 11.4. The third kappa shape index (κ3) is 18.2. The summed E-state index contributed by atoms with van der Waals surface area (Å²) in [6, 6.07) is 0. The van der Waals surface area contributed by atoms with Gasteiger partial charge in [-0.2, -0.15) is 0 Å². The van der Waals surface area contributed by atoms with Gasteiger partial charge in [-0.25, -0.2) is 0 Å². The molecule has 0 aromatic heterocycles. The van der Waals surface area contributed by atoms with Gasteiger partial charge in [-0.1, -0.05) is 0 Å². The minimum absolute atomic E-state index is 0.440. The number of hydrogen-bond acceptors (Lipinski definition) is 3. The first kappa shape index (κ1) is 16.8. The SMILES string of the molecule is C/C=C/[S+](C)C.CCOP([O-])OCC. The van der Waals surface area contributed by atoms with Gasteiger partial charge >= 0.3 is 0 Å². The van der Waals surface area contributed by atoms with Crippen molar-refractivity contribution in [2.45, 2.75) is 20.8 Å². The standard InChI is InChI=1S/C5H11S.C4H10O3P/c1-4-5-6(2)3;1-3-6-8(5)7-4-2/h4-5H,1-3H3;3-4H2,1-2H3/q+1;-1/b5-4+;. The molecule has 0 aromatic carbocycles. The smallest absolute Gasteiger partial charge is 0.114 e. The van der Waals surface area contributed by atoms with Crippen LogP contribution in [0.3, 0.4) is 0 Å². The van der Waals surface area contributed by atoms with Gasteiger partial charge in [0.2, 0.25) is 0 Å². The molecular formula is C9H21O3PS. The first-order valence-electron chi connectivity index (χ1n) is 4.50. The topological polar surface area (TPSA) is 41.5 Å². The lowest BCUT2D eigenvalue weighted by Crippen LogP contribution is -2.01. The lowest BCUT2D eigenvalue weighted by Gasteiger charge is -2.19. The monoisotopic (exact) mass is 240 g/mol. The minimum atomic E-state index is -1.83. The van der Waals surface area contributed by atoms with Crippen LogP contribution in [0.2, 0.25) is 0 Å². The van der Waals surface area contributed by atoms with Crippen LogP contribution in [-0.2, 0) is 19.9 Å². The van der Waals surface area contributed by atoms with Gasteiger partial charge in [0.25, 0.3) is 0 Å². The Morgan fingerprint density at radius 3 is 1.79 bits per heavy atom. The molecule has 0 radical (unpaired) electrons. The summed E-state index contributed by atoms with van der Waals surface area (Å²) in [4.78, 5) is 10.3. The minimum Gasteiger partial charge on any atom is -0.786 e. The fraction of sp³-hybridized carbons (Fsp3) is 0.778. The normalized spacial score (nSPS) is 10.9. The largest absolute Gasteiger partial charge is 0.786 e. The zero-order chi connectivity index (χ0) is 11.4. The molecule has 0 aliphatic carbocycles. The van der Waals surface area contributed by atoms with E-state index < -0.39 is 8.60 Å². The van der Waals surface area contributed by atoms with E-state index in [0.29, 0.717) is 24.1 Å². The van der Waals surface area contributed by atoms with Crippen molar-refractivity contribution in [3.05, 3.63) is 11.5 Å². The Hall–Kier alpha value is 0.400. The summed E-state index contributed by atoms with van der Waals surface area (Å²) >= 11 is 0. The number of allylic oxidation sites excluding steroid dienone is 1.